The van der Waals surface area contributed by atoms with Crippen molar-refractivity contribution >= 4 is 50.3 Å². The Labute approximate surface area is 244 Å². The maximum atomic E-state index is 13.4. The summed E-state index contributed by atoms with van der Waals surface area (Å²) in [6, 6.07) is 15.1. The van der Waals surface area contributed by atoms with Crippen LogP contribution in [-0.2, 0) is 4.79 Å². The van der Waals surface area contributed by atoms with Gasteiger partial charge in [-0.05, 0) is 49.7 Å². The highest BCUT2D eigenvalue weighted by Gasteiger charge is 2.23. The number of nitrogens with zero attached hydrogens (tertiary/aromatic N) is 4. The van der Waals surface area contributed by atoms with Crippen molar-refractivity contribution in [1.29, 1.82) is 0 Å². The second kappa shape index (κ2) is 12.7. The van der Waals surface area contributed by atoms with E-state index in [1.165, 1.54) is 30.1 Å². The molecule has 0 saturated carbocycles. The third-order valence-electron chi connectivity index (χ3n) is 6.37. The number of hydrogen-bond donors (Lipinski definition) is 1. The standard InChI is InChI=1S/C29H28BrN5O6/c1-5-18(3)28-33-23-11-8-20(30)14-22(23)29(37)34(28)31-15-19-12-24(35(38)39)27(25(13-19)40-4)41-16-26(36)32-21-9-6-17(2)7-10-21/h6-15,18H,5,16H2,1-4H3,(H,32,36)/t18-/m1/s1. The SMILES string of the molecule is CC[C@@H](C)c1nc2ccc(Br)cc2c(=O)n1N=Cc1cc(OC)c(OCC(=O)Nc2ccc(C)cc2)c([N+](=O)[O-])c1. The van der Waals surface area contributed by atoms with Crippen LogP contribution in [0, 0.1) is 17.0 Å². The molecule has 4 rings (SSSR count). The molecule has 0 fully saturated rings. The van der Waals surface area contributed by atoms with Gasteiger partial charge in [-0.15, -0.1) is 0 Å². The zero-order valence-corrected chi connectivity index (χ0v) is 24.5. The van der Waals surface area contributed by atoms with Gasteiger partial charge in [0.05, 0.1) is 29.2 Å². The van der Waals surface area contributed by atoms with Crippen LogP contribution in [0.5, 0.6) is 11.5 Å². The lowest BCUT2D eigenvalue weighted by atomic mass is 10.1. The van der Waals surface area contributed by atoms with Gasteiger partial charge in [-0.2, -0.15) is 9.78 Å². The van der Waals surface area contributed by atoms with E-state index >= 15 is 0 Å². The van der Waals surface area contributed by atoms with E-state index in [1.807, 2.05) is 39.0 Å². The maximum Gasteiger partial charge on any atom is 0.315 e. The van der Waals surface area contributed by atoms with E-state index in [0.29, 0.717) is 28.8 Å². The smallest absolute Gasteiger partial charge is 0.315 e. The molecule has 1 aromatic heterocycles. The Balaban J connectivity index is 1.67. The van der Waals surface area contributed by atoms with Gasteiger partial charge in [0.25, 0.3) is 11.5 Å². The van der Waals surface area contributed by atoms with Crippen molar-refractivity contribution in [2.45, 2.75) is 33.1 Å². The number of carbonyl (C=O) groups is 1. The quantitative estimate of drug-likeness (QED) is 0.134. The Morgan fingerprint density at radius 3 is 2.61 bits per heavy atom. The van der Waals surface area contributed by atoms with Crippen LogP contribution in [0.25, 0.3) is 10.9 Å². The lowest BCUT2D eigenvalue weighted by molar-refractivity contribution is -0.385. The first-order chi connectivity index (χ1) is 19.6. The largest absolute Gasteiger partial charge is 0.493 e. The van der Waals surface area contributed by atoms with Crippen molar-refractivity contribution in [3.05, 3.63) is 96.5 Å². The first-order valence-electron chi connectivity index (χ1n) is 12.7. The Morgan fingerprint density at radius 1 is 1.22 bits per heavy atom. The van der Waals surface area contributed by atoms with Gasteiger partial charge in [0.2, 0.25) is 5.75 Å². The number of ether oxygens (including phenoxy) is 2. The Morgan fingerprint density at radius 2 is 1.95 bits per heavy atom. The molecule has 1 N–H and O–H groups in total. The van der Waals surface area contributed by atoms with Gasteiger partial charge in [-0.3, -0.25) is 19.7 Å². The number of nitro benzene ring substituents is 1. The molecule has 12 heteroatoms. The molecule has 0 saturated heterocycles. The number of nitro groups is 1. The fraction of sp³-hybridized carbons (Fsp3) is 0.241. The molecule has 0 aliphatic rings. The molecule has 0 bridgehead atoms. The van der Waals surface area contributed by atoms with Gasteiger partial charge < -0.3 is 14.8 Å². The summed E-state index contributed by atoms with van der Waals surface area (Å²) in [5.74, 6) is -0.298. The zero-order valence-electron chi connectivity index (χ0n) is 22.9. The number of fused-ring (bicyclic) bond motifs is 1. The van der Waals surface area contributed by atoms with Crippen LogP contribution in [-0.4, -0.2) is 40.4 Å². The van der Waals surface area contributed by atoms with Crippen LogP contribution in [0.1, 0.15) is 43.1 Å². The number of rotatable bonds is 10. The molecule has 4 aromatic rings. The Hall–Kier alpha value is -4.58. The lowest BCUT2D eigenvalue weighted by Gasteiger charge is -2.14. The van der Waals surface area contributed by atoms with Crippen molar-refractivity contribution in [2.75, 3.05) is 19.0 Å². The molecule has 1 amide bonds. The lowest BCUT2D eigenvalue weighted by Crippen LogP contribution is -2.23. The molecule has 11 nitrogen and oxygen atoms in total. The Kier molecular flexibility index (Phi) is 9.13. The molecule has 0 radical (unpaired) electrons. The Bertz CT molecular complexity index is 1700. The minimum absolute atomic E-state index is 0.0267. The molecule has 0 spiro atoms. The predicted octanol–water partition coefficient (Wildman–Crippen LogP) is 5.80. The number of methoxy groups -OCH3 is 1. The van der Waals surface area contributed by atoms with Gasteiger partial charge in [0, 0.05) is 27.7 Å². The van der Waals surface area contributed by atoms with E-state index in [0.717, 1.165) is 10.0 Å². The van der Waals surface area contributed by atoms with Crippen LogP contribution in [0.4, 0.5) is 11.4 Å². The van der Waals surface area contributed by atoms with E-state index < -0.39 is 23.1 Å². The maximum absolute atomic E-state index is 13.4. The van der Waals surface area contributed by atoms with Crippen molar-refractivity contribution in [3.8, 4) is 11.5 Å². The highest BCUT2D eigenvalue weighted by Crippen LogP contribution is 2.38. The van der Waals surface area contributed by atoms with Gasteiger partial charge >= 0.3 is 5.69 Å². The fourth-order valence-electron chi connectivity index (χ4n) is 3.99. The van der Waals surface area contributed by atoms with Crippen LogP contribution in [0.3, 0.4) is 0 Å². The van der Waals surface area contributed by atoms with Crippen molar-refractivity contribution in [2.24, 2.45) is 5.10 Å². The third-order valence-corrected chi connectivity index (χ3v) is 6.86. The summed E-state index contributed by atoms with van der Waals surface area (Å²) in [7, 11) is 1.33. The van der Waals surface area contributed by atoms with E-state index in [-0.39, 0.29) is 28.5 Å². The van der Waals surface area contributed by atoms with Crippen LogP contribution >= 0.6 is 15.9 Å². The number of amides is 1. The van der Waals surface area contributed by atoms with Crippen LogP contribution in [0.15, 0.2) is 69.0 Å². The average molecular weight is 622 g/mol. The summed E-state index contributed by atoms with van der Waals surface area (Å²) >= 11 is 3.38. The zero-order chi connectivity index (χ0) is 29.7. The minimum atomic E-state index is -0.640. The third kappa shape index (κ3) is 6.77. The van der Waals surface area contributed by atoms with E-state index in [2.05, 4.69) is 31.3 Å². The summed E-state index contributed by atoms with van der Waals surface area (Å²) in [6.07, 6.45) is 2.04. The van der Waals surface area contributed by atoms with Crippen molar-refractivity contribution in [3.63, 3.8) is 0 Å². The highest BCUT2D eigenvalue weighted by atomic mass is 79.9. The first-order valence-corrected chi connectivity index (χ1v) is 13.5. The van der Waals surface area contributed by atoms with E-state index in [9.17, 15) is 19.7 Å². The molecule has 0 aliphatic heterocycles. The highest BCUT2D eigenvalue weighted by molar-refractivity contribution is 9.10. The number of aromatic nitrogens is 2. The number of benzene rings is 3. The molecule has 1 atom stereocenters. The average Bonchev–Trinajstić information content (AvgIpc) is 2.96. The molecular weight excluding hydrogens is 594 g/mol. The summed E-state index contributed by atoms with van der Waals surface area (Å²) in [6.45, 7) is 5.36. The second-order valence-corrected chi connectivity index (χ2v) is 10.2. The molecule has 1 heterocycles. The molecule has 41 heavy (non-hydrogen) atoms. The molecular formula is C29H28BrN5O6. The van der Waals surface area contributed by atoms with Crippen molar-refractivity contribution < 1.29 is 19.2 Å². The van der Waals surface area contributed by atoms with E-state index in [4.69, 9.17) is 9.47 Å². The van der Waals surface area contributed by atoms with Gasteiger partial charge in [-0.1, -0.05) is 47.5 Å². The van der Waals surface area contributed by atoms with Crippen LogP contribution in [0.2, 0.25) is 0 Å². The number of aryl methyl sites for hydroxylation is 1. The normalized spacial score (nSPS) is 11.9. The summed E-state index contributed by atoms with van der Waals surface area (Å²) in [5, 5.41) is 19.4. The fourth-order valence-corrected chi connectivity index (χ4v) is 4.35. The monoisotopic (exact) mass is 621 g/mol. The molecule has 212 valence electrons. The minimum Gasteiger partial charge on any atom is -0.493 e. The molecule has 0 aliphatic carbocycles. The van der Waals surface area contributed by atoms with Gasteiger partial charge in [-0.25, -0.2) is 4.98 Å². The number of carbonyl (C=O) groups excluding carboxylic acids is 1. The van der Waals surface area contributed by atoms with Gasteiger partial charge in [0.15, 0.2) is 12.4 Å². The number of halogens is 1. The molecule has 3 aromatic carbocycles. The van der Waals surface area contributed by atoms with Crippen LogP contribution < -0.4 is 20.3 Å². The number of nitrogens with one attached hydrogen (secondary N) is 1. The first kappa shape index (κ1) is 29.4. The summed E-state index contributed by atoms with van der Waals surface area (Å²) < 4.78 is 12.8. The summed E-state index contributed by atoms with van der Waals surface area (Å²) in [5.41, 5.74) is 1.63. The molecule has 0 unspecified atom stereocenters. The second-order valence-electron chi connectivity index (χ2n) is 9.33. The topological polar surface area (TPSA) is 138 Å². The van der Waals surface area contributed by atoms with Gasteiger partial charge in [0.1, 0.15) is 5.82 Å². The number of anilines is 1. The number of hydrogen-bond acceptors (Lipinski definition) is 8. The summed E-state index contributed by atoms with van der Waals surface area (Å²) in [4.78, 5) is 41.8. The van der Waals surface area contributed by atoms with E-state index in [1.54, 1.807) is 24.3 Å². The predicted molar refractivity (Wildman–Crippen MR) is 160 cm³/mol. The van der Waals surface area contributed by atoms with Crippen molar-refractivity contribution in [1.82, 2.24) is 9.66 Å².